The number of carbonyl (C=O) groups is 1. The van der Waals surface area contributed by atoms with Gasteiger partial charge < -0.3 is 9.67 Å². The maximum atomic E-state index is 10.8. The number of hydrogen-bond donors (Lipinski definition) is 1. The number of hydrogen-bond acceptors (Lipinski definition) is 3. The van der Waals surface area contributed by atoms with Gasteiger partial charge in [0.2, 0.25) is 0 Å². The van der Waals surface area contributed by atoms with Gasteiger partial charge in [-0.2, -0.15) is 11.8 Å². The largest absolute Gasteiger partial charge is 0.478 e. The molecule has 0 spiro atoms. The number of benzene rings is 1. The zero-order valence-corrected chi connectivity index (χ0v) is 10.4. The average molecular weight is 250 g/mol. The van der Waals surface area contributed by atoms with Gasteiger partial charge in [0.1, 0.15) is 0 Å². The molecular weight excluding hydrogens is 236 g/mol. The summed E-state index contributed by atoms with van der Waals surface area (Å²) < 4.78 is 2.07. The third kappa shape index (κ3) is 2.61. The van der Waals surface area contributed by atoms with E-state index in [1.165, 1.54) is 0 Å². The highest BCUT2D eigenvalue weighted by molar-refractivity contribution is 7.98. The van der Waals surface area contributed by atoms with Crippen LogP contribution in [-0.4, -0.2) is 32.6 Å². The maximum absolute atomic E-state index is 10.8. The number of rotatable bonds is 5. The Morgan fingerprint density at radius 3 is 3.06 bits per heavy atom. The lowest BCUT2D eigenvalue weighted by Gasteiger charge is -2.03. The van der Waals surface area contributed by atoms with Crippen molar-refractivity contribution < 1.29 is 9.90 Å². The van der Waals surface area contributed by atoms with E-state index in [0.717, 1.165) is 29.8 Å². The van der Waals surface area contributed by atoms with Crippen LogP contribution in [0.15, 0.2) is 24.5 Å². The van der Waals surface area contributed by atoms with Crippen LogP contribution in [0.5, 0.6) is 0 Å². The summed E-state index contributed by atoms with van der Waals surface area (Å²) in [6.45, 7) is 0.920. The van der Waals surface area contributed by atoms with E-state index in [-0.39, 0.29) is 5.56 Å². The van der Waals surface area contributed by atoms with Crippen molar-refractivity contribution in [1.82, 2.24) is 9.55 Å². The minimum absolute atomic E-state index is 0.284. The van der Waals surface area contributed by atoms with Gasteiger partial charge in [-0.25, -0.2) is 9.78 Å². The van der Waals surface area contributed by atoms with E-state index in [1.54, 1.807) is 18.5 Å². The lowest BCUT2D eigenvalue weighted by Crippen LogP contribution is -1.98. The number of carboxylic acid groups (broad SMARTS) is 1. The van der Waals surface area contributed by atoms with Crippen molar-refractivity contribution >= 4 is 28.8 Å². The Bertz CT molecular complexity index is 536. The Labute approximate surface area is 104 Å². The van der Waals surface area contributed by atoms with Crippen LogP contribution in [-0.2, 0) is 6.54 Å². The number of aromatic nitrogens is 2. The second kappa shape index (κ2) is 5.23. The smallest absolute Gasteiger partial charge is 0.335 e. The highest BCUT2D eigenvalue weighted by atomic mass is 32.2. The normalized spacial score (nSPS) is 10.9. The standard InChI is InChI=1S/C12H14N2O2S/c1-17-6-2-5-14-8-13-10-7-9(12(15)16)3-4-11(10)14/h3-4,7-8H,2,5-6H2,1H3,(H,15,16). The first-order valence-corrected chi connectivity index (χ1v) is 6.79. The monoisotopic (exact) mass is 250 g/mol. The molecule has 0 aliphatic carbocycles. The lowest BCUT2D eigenvalue weighted by atomic mass is 10.2. The second-order valence-corrected chi connectivity index (χ2v) is 4.78. The molecule has 2 aromatic rings. The van der Waals surface area contributed by atoms with E-state index in [1.807, 2.05) is 17.8 Å². The van der Waals surface area contributed by atoms with Crippen LogP contribution < -0.4 is 0 Å². The van der Waals surface area contributed by atoms with E-state index < -0.39 is 5.97 Å². The quantitative estimate of drug-likeness (QED) is 0.828. The summed E-state index contributed by atoms with van der Waals surface area (Å²) in [6.07, 6.45) is 4.95. The molecule has 1 aromatic heterocycles. The maximum Gasteiger partial charge on any atom is 0.335 e. The summed E-state index contributed by atoms with van der Waals surface area (Å²) in [5.41, 5.74) is 2.03. The van der Waals surface area contributed by atoms with E-state index in [2.05, 4.69) is 15.8 Å². The van der Waals surface area contributed by atoms with Crippen LogP contribution in [0.25, 0.3) is 11.0 Å². The van der Waals surface area contributed by atoms with Gasteiger partial charge in [-0.1, -0.05) is 0 Å². The second-order valence-electron chi connectivity index (χ2n) is 3.79. The van der Waals surface area contributed by atoms with Gasteiger partial charge in [-0.15, -0.1) is 0 Å². The first kappa shape index (κ1) is 12.0. The Morgan fingerprint density at radius 2 is 2.35 bits per heavy atom. The molecule has 1 aromatic carbocycles. The summed E-state index contributed by atoms with van der Waals surface area (Å²) in [5.74, 6) is 0.205. The van der Waals surface area contributed by atoms with E-state index in [4.69, 9.17) is 5.11 Å². The van der Waals surface area contributed by atoms with Gasteiger partial charge >= 0.3 is 5.97 Å². The predicted octanol–water partition coefficient (Wildman–Crippen LogP) is 2.49. The third-order valence-corrected chi connectivity index (χ3v) is 3.31. The van der Waals surface area contributed by atoms with E-state index >= 15 is 0 Å². The summed E-state index contributed by atoms with van der Waals surface area (Å²) >= 11 is 1.82. The van der Waals surface area contributed by atoms with Crippen LogP contribution in [0.2, 0.25) is 0 Å². The number of thioether (sulfide) groups is 1. The molecular formula is C12H14N2O2S. The Balaban J connectivity index is 2.25. The number of aromatic carboxylic acids is 1. The first-order valence-electron chi connectivity index (χ1n) is 5.39. The third-order valence-electron chi connectivity index (χ3n) is 2.62. The van der Waals surface area contributed by atoms with Crippen LogP contribution in [0.1, 0.15) is 16.8 Å². The van der Waals surface area contributed by atoms with Gasteiger partial charge in [0.25, 0.3) is 0 Å². The molecule has 1 heterocycles. The molecule has 17 heavy (non-hydrogen) atoms. The molecule has 90 valence electrons. The Kier molecular flexibility index (Phi) is 3.68. The van der Waals surface area contributed by atoms with Crippen molar-refractivity contribution in [2.45, 2.75) is 13.0 Å². The fraction of sp³-hybridized carbons (Fsp3) is 0.333. The molecule has 0 atom stereocenters. The summed E-state index contributed by atoms with van der Waals surface area (Å²) in [7, 11) is 0. The van der Waals surface area contributed by atoms with Crippen molar-refractivity contribution in [3.05, 3.63) is 30.1 Å². The first-order chi connectivity index (χ1) is 8.22. The van der Waals surface area contributed by atoms with Crippen LogP contribution in [0.3, 0.4) is 0 Å². The molecule has 0 aliphatic heterocycles. The van der Waals surface area contributed by atoms with Crippen molar-refractivity contribution in [3.8, 4) is 0 Å². The highest BCUT2D eigenvalue weighted by Crippen LogP contribution is 2.15. The number of carboxylic acids is 1. The molecule has 0 radical (unpaired) electrons. The number of fused-ring (bicyclic) bond motifs is 1. The summed E-state index contributed by atoms with van der Waals surface area (Å²) in [6, 6.07) is 5.06. The molecule has 0 bridgehead atoms. The highest BCUT2D eigenvalue weighted by Gasteiger charge is 2.07. The Hall–Kier alpha value is -1.49. The minimum Gasteiger partial charge on any atom is -0.478 e. The van der Waals surface area contributed by atoms with Gasteiger partial charge in [-0.05, 0) is 36.6 Å². The fourth-order valence-corrected chi connectivity index (χ4v) is 2.17. The molecule has 1 N–H and O–H groups in total. The van der Waals surface area contributed by atoms with Crippen molar-refractivity contribution in [2.75, 3.05) is 12.0 Å². The van der Waals surface area contributed by atoms with Crippen LogP contribution in [0.4, 0.5) is 0 Å². The average Bonchev–Trinajstić information content (AvgIpc) is 2.72. The molecule has 0 saturated heterocycles. The minimum atomic E-state index is -0.913. The SMILES string of the molecule is CSCCCn1cnc2cc(C(=O)O)ccc21. The molecule has 0 saturated carbocycles. The van der Waals surface area contributed by atoms with E-state index in [9.17, 15) is 4.79 Å². The zero-order chi connectivity index (χ0) is 12.3. The Morgan fingerprint density at radius 1 is 1.53 bits per heavy atom. The van der Waals surface area contributed by atoms with Gasteiger partial charge in [0.05, 0.1) is 22.9 Å². The molecule has 2 rings (SSSR count). The molecule has 4 nitrogen and oxygen atoms in total. The number of aryl methyl sites for hydroxylation is 1. The van der Waals surface area contributed by atoms with E-state index in [0.29, 0.717) is 0 Å². The summed E-state index contributed by atoms with van der Waals surface area (Å²) in [4.78, 5) is 15.1. The van der Waals surface area contributed by atoms with Crippen molar-refractivity contribution in [3.63, 3.8) is 0 Å². The van der Waals surface area contributed by atoms with Gasteiger partial charge in [-0.3, -0.25) is 0 Å². The molecule has 0 unspecified atom stereocenters. The predicted molar refractivity (Wildman–Crippen MR) is 69.7 cm³/mol. The van der Waals surface area contributed by atoms with Crippen LogP contribution >= 0.6 is 11.8 Å². The van der Waals surface area contributed by atoms with Crippen LogP contribution in [0, 0.1) is 0 Å². The molecule has 0 fully saturated rings. The fourth-order valence-electron chi connectivity index (χ4n) is 1.75. The van der Waals surface area contributed by atoms with Crippen molar-refractivity contribution in [1.29, 1.82) is 0 Å². The van der Waals surface area contributed by atoms with Crippen molar-refractivity contribution in [2.24, 2.45) is 0 Å². The lowest BCUT2D eigenvalue weighted by molar-refractivity contribution is 0.0697. The topological polar surface area (TPSA) is 55.1 Å². The zero-order valence-electron chi connectivity index (χ0n) is 9.59. The summed E-state index contributed by atoms with van der Waals surface area (Å²) in [5, 5.41) is 8.89. The number of nitrogens with zero attached hydrogens (tertiary/aromatic N) is 2. The van der Waals surface area contributed by atoms with Gasteiger partial charge in [0.15, 0.2) is 0 Å². The number of imidazole rings is 1. The molecule has 0 amide bonds. The van der Waals surface area contributed by atoms with Gasteiger partial charge in [0, 0.05) is 6.54 Å². The molecule has 5 heteroatoms. The molecule has 0 aliphatic rings.